The van der Waals surface area contributed by atoms with E-state index in [-0.39, 0.29) is 0 Å². The third kappa shape index (κ3) is 3.87. The van der Waals surface area contributed by atoms with Gasteiger partial charge in [-0.1, -0.05) is 0 Å². The fourth-order valence-corrected chi connectivity index (χ4v) is 3.99. The Hall–Kier alpha value is 0.270. The van der Waals surface area contributed by atoms with Crippen molar-refractivity contribution in [3.8, 4) is 0 Å². The van der Waals surface area contributed by atoms with E-state index in [9.17, 15) is 0 Å². The summed E-state index contributed by atoms with van der Waals surface area (Å²) < 4.78 is 0. The van der Waals surface area contributed by atoms with Crippen LogP contribution in [0, 0.1) is 5.92 Å². The van der Waals surface area contributed by atoms with Crippen LogP contribution in [0.15, 0.2) is 0 Å². The van der Waals surface area contributed by atoms with Gasteiger partial charge < -0.3 is 10.2 Å². The van der Waals surface area contributed by atoms with Crippen molar-refractivity contribution in [3.05, 3.63) is 0 Å². The minimum Gasteiger partial charge on any atom is -0.316 e. The zero-order chi connectivity index (χ0) is 12.1. The molecule has 2 saturated heterocycles. The molecule has 0 aromatic heterocycles. The molecule has 2 rings (SSSR count). The Morgan fingerprint density at radius 3 is 2.53 bits per heavy atom. The molecule has 0 amide bonds. The summed E-state index contributed by atoms with van der Waals surface area (Å²) in [5.74, 6) is 2.27. The molecule has 2 unspecified atom stereocenters. The van der Waals surface area contributed by atoms with Crippen molar-refractivity contribution >= 4 is 11.8 Å². The van der Waals surface area contributed by atoms with Crippen LogP contribution in [0.4, 0.5) is 0 Å². The van der Waals surface area contributed by atoms with Crippen molar-refractivity contribution in [2.45, 2.75) is 50.6 Å². The van der Waals surface area contributed by atoms with Crippen LogP contribution in [0.3, 0.4) is 0 Å². The molecule has 2 aliphatic heterocycles. The van der Waals surface area contributed by atoms with Gasteiger partial charge in [-0.05, 0) is 76.6 Å². The summed E-state index contributed by atoms with van der Waals surface area (Å²) in [5.41, 5.74) is 0. The lowest BCUT2D eigenvalue weighted by molar-refractivity contribution is 0.133. The fraction of sp³-hybridized carbons (Fsp3) is 1.00. The van der Waals surface area contributed by atoms with Gasteiger partial charge in [0.25, 0.3) is 0 Å². The Bertz CT molecular complexity index is 208. The average molecular weight is 256 g/mol. The van der Waals surface area contributed by atoms with Gasteiger partial charge in [-0.25, -0.2) is 0 Å². The number of hydrogen-bond acceptors (Lipinski definition) is 3. The van der Waals surface area contributed by atoms with E-state index in [2.05, 4.69) is 23.5 Å². The van der Waals surface area contributed by atoms with Gasteiger partial charge in [0.2, 0.25) is 0 Å². The van der Waals surface area contributed by atoms with Crippen molar-refractivity contribution in [1.29, 1.82) is 0 Å². The van der Waals surface area contributed by atoms with E-state index >= 15 is 0 Å². The summed E-state index contributed by atoms with van der Waals surface area (Å²) in [6.07, 6.45) is 10.7. The molecular weight excluding hydrogens is 228 g/mol. The van der Waals surface area contributed by atoms with Crippen LogP contribution in [0.25, 0.3) is 0 Å². The van der Waals surface area contributed by atoms with Gasteiger partial charge in [0.1, 0.15) is 0 Å². The van der Waals surface area contributed by atoms with Crippen molar-refractivity contribution < 1.29 is 0 Å². The summed E-state index contributed by atoms with van der Waals surface area (Å²) >= 11 is 1.96. The molecule has 0 spiro atoms. The number of nitrogens with zero attached hydrogens (tertiary/aromatic N) is 1. The van der Waals surface area contributed by atoms with Gasteiger partial charge in [0, 0.05) is 12.1 Å². The molecule has 0 aliphatic carbocycles. The molecule has 2 fully saturated rings. The van der Waals surface area contributed by atoms with E-state index in [4.69, 9.17) is 0 Å². The average Bonchev–Trinajstić information content (AvgIpc) is 2.55. The summed E-state index contributed by atoms with van der Waals surface area (Å²) in [6, 6.07) is 1.80. The van der Waals surface area contributed by atoms with Gasteiger partial charge in [0.05, 0.1) is 0 Å². The third-order valence-electron chi connectivity index (χ3n) is 4.58. The number of nitrogens with one attached hydrogen (secondary N) is 1. The van der Waals surface area contributed by atoms with Crippen molar-refractivity contribution in [2.24, 2.45) is 5.92 Å². The molecule has 1 N–H and O–H groups in total. The molecule has 2 aliphatic rings. The minimum absolute atomic E-state index is 0.900. The molecule has 2 bridgehead atoms. The normalized spacial score (nSPS) is 33.2. The van der Waals surface area contributed by atoms with Crippen LogP contribution in [0.5, 0.6) is 0 Å². The highest BCUT2D eigenvalue weighted by molar-refractivity contribution is 7.98. The van der Waals surface area contributed by atoms with E-state index in [1.54, 1.807) is 0 Å². The molecule has 0 aromatic rings. The van der Waals surface area contributed by atoms with E-state index in [0.29, 0.717) is 0 Å². The predicted molar refractivity (Wildman–Crippen MR) is 77.8 cm³/mol. The lowest BCUT2D eigenvalue weighted by atomic mass is 9.91. The SMILES string of the molecule is CSCCCCNCC1CC2CCC(C1)N2C. The highest BCUT2D eigenvalue weighted by Crippen LogP contribution is 2.36. The number of thioether (sulfide) groups is 1. The third-order valence-corrected chi connectivity index (χ3v) is 5.28. The maximum Gasteiger partial charge on any atom is 0.00988 e. The highest BCUT2D eigenvalue weighted by atomic mass is 32.2. The molecule has 17 heavy (non-hydrogen) atoms. The zero-order valence-electron chi connectivity index (χ0n) is 11.5. The van der Waals surface area contributed by atoms with Gasteiger partial charge in [-0.3, -0.25) is 0 Å². The molecule has 2 atom stereocenters. The molecule has 100 valence electrons. The summed E-state index contributed by atoms with van der Waals surface area (Å²) in [7, 11) is 2.33. The zero-order valence-corrected chi connectivity index (χ0v) is 12.3. The summed E-state index contributed by atoms with van der Waals surface area (Å²) in [5, 5.41) is 3.67. The van der Waals surface area contributed by atoms with Gasteiger partial charge in [0.15, 0.2) is 0 Å². The van der Waals surface area contributed by atoms with Gasteiger partial charge in [-0.15, -0.1) is 0 Å². The first-order valence-electron chi connectivity index (χ1n) is 7.23. The van der Waals surface area contributed by atoms with Crippen molar-refractivity contribution in [2.75, 3.05) is 32.1 Å². The first kappa shape index (κ1) is 13.7. The Morgan fingerprint density at radius 2 is 1.88 bits per heavy atom. The second-order valence-corrected chi connectivity index (χ2v) is 6.78. The Kier molecular flexibility index (Phi) is 5.64. The second kappa shape index (κ2) is 7.01. The van der Waals surface area contributed by atoms with Crippen molar-refractivity contribution in [1.82, 2.24) is 10.2 Å². The maximum atomic E-state index is 3.67. The monoisotopic (exact) mass is 256 g/mol. The summed E-state index contributed by atoms with van der Waals surface area (Å²) in [6.45, 7) is 2.49. The Balaban J connectivity index is 1.55. The van der Waals surface area contributed by atoms with Crippen LogP contribution in [-0.2, 0) is 0 Å². The van der Waals surface area contributed by atoms with E-state index < -0.39 is 0 Å². The second-order valence-electron chi connectivity index (χ2n) is 5.79. The van der Waals surface area contributed by atoms with Gasteiger partial charge >= 0.3 is 0 Å². The number of unbranched alkanes of at least 4 members (excludes halogenated alkanes) is 1. The smallest absolute Gasteiger partial charge is 0.00988 e. The lowest BCUT2D eigenvalue weighted by Crippen LogP contribution is -2.42. The largest absolute Gasteiger partial charge is 0.316 e. The van der Waals surface area contributed by atoms with Crippen LogP contribution >= 0.6 is 11.8 Å². The number of fused-ring (bicyclic) bond motifs is 2. The molecule has 0 saturated carbocycles. The van der Waals surface area contributed by atoms with Crippen LogP contribution in [0.2, 0.25) is 0 Å². The predicted octanol–water partition coefficient (Wildman–Crippen LogP) is 2.59. The van der Waals surface area contributed by atoms with E-state index in [0.717, 1.165) is 18.0 Å². The first-order valence-corrected chi connectivity index (χ1v) is 8.62. The lowest BCUT2D eigenvalue weighted by Gasteiger charge is -2.36. The maximum absolute atomic E-state index is 3.67. The van der Waals surface area contributed by atoms with Crippen LogP contribution in [0.1, 0.15) is 38.5 Å². The van der Waals surface area contributed by atoms with Crippen LogP contribution in [-0.4, -0.2) is 49.1 Å². The quantitative estimate of drug-likeness (QED) is 0.705. The Labute approximate surface area is 111 Å². The van der Waals surface area contributed by atoms with Crippen LogP contribution < -0.4 is 5.32 Å². The number of piperidine rings is 1. The molecule has 0 aromatic carbocycles. The number of rotatable bonds is 7. The topological polar surface area (TPSA) is 15.3 Å². The fourth-order valence-electron chi connectivity index (χ4n) is 3.49. The standard InChI is InChI=1S/C14H28N2S/c1-16-13-5-6-14(16)10-12(9-13)11-15-7-3-4-8-17-2/h12-15H,3-11H2,1-2H3. The highest BCUT2D eigenvalue weighted by Gasteiger charge is 2.37. The molecular formula is C14H28N2S. The van der Waals surface area contributed by atoms with Crippen molar-refractivity contribution in [3.63, 3.8) is 0 Å². The molecule has 2 nitrogen and oxygen atoms in total. The Morgan fingerprint density at radius 1 is 1.18 bits per heavy atom. The molecule has 0 radical (unpaired) electrons. The number of hydrogen-bond donors (Lipinski definition) is 1. The molecule has 3 heteroatoms. The van der Waals surface area contributed by atoms with E-state index in [1.807, 2.05) is 11.8 Å². The van der Waals surface area contributed by atoms with Gasteiger partial charge in [-0.2, -0.15) is 11.8 Å². The van der Waals surface area contributed by atoms with E-state index in [1.165, 1.54) is 57.4 Å². The summed E-state index contributed by atoms with van der Waals surface area (Å²) in [4.78, 5) is 2.63. The molecule has 2 heterocycles. The first-order chi connectivity index (χ1) is 8.31. The minimum atomic E-state index is 0.900.